The minimum Gasteiger partial charge on any atom is -0.402 e. The quantitative estimate of drug-likeness (QED) is 0.711. The molecule has 1 amide bonds. The molecule has 0 spiro atoms. The van der Waals surface area contributed by atoms with Gasteiger partial charge in [-0.3, -0.25) is 4.79 Å². The molecular formula is C22H22N4O. The Labute approximate surface area is 158 Å². The second kappa shape index (κ2) is 7.11. The maximum absolute atomic E-state index is 11.8. The molecule has 136 valence electrons. The maximum Gasteiger partial charge on any atom is 0.228 e. The summed E-state index contributed by atoms with van der Waals surface area (Å²) in [5.74, 6) is 0.0448. The van der Waals surface area contributed by atoms with E-state index in [4.69, 9.17) is 5.73 Å². The van der Waals surface area contributed by atoms with Crippen molar-refractivity contribution in [2.24, 2.45) is 5.73 Å². The minimum absolute atomic E-state index is 0.0448. The highest BCUT2D eigenvalue weighted by Gasteiger charge is 2.21. The van der Waals surface area contributed by atoms with E-state index in [0.717, 1.165) is 34.6 Å². The van der Waals surface area contributed by atoms with Crippen molar-refractivity contribution in [3.63, 3.8) is 0 Å². The van der Waals surface area contributed by atoms with Gasteiger partial charge < -0.3 is 15.6 Å². The Morgan fingerprint density at radius 2 is 2.00 bits per heavy atom. The van der Waals surface area contributed by atoms with Gasteiger partial charge >= 0.3 is 0 Å². The molecule has 0 atom stereocenters. The number of imidazole rings is 1. The number of carbonyl (C=O) groups is 1. The van der Waals surface area contributed by atoms with E-state index in [1.807, 2.05) is 36.7 Å². The fourth-order valence-electron chi connectivity index (χ4n) is 3.59. The number of anilines is 1. The number of hydrogen-bond donors (Lipinski definition) is 2. The van der Waals surface area contributed by atoms with E-state index in [9.17, 15) is 4.79 Å². The molecule has 27 heavy (non-hydrogen) atoms. The summed E-state index contributed by atoms with van der Waals surface area (Å²) in [6.45, 7) is 4.53. The van der Waals surface area contributed by atoms with Gasteiger partial charge in [-0.1, -0.05) is 49.0 Å². The van der Waals surface area contributed by atoms with Crippen LogP contribution in [0.1, 0.15) is 28.1 Å². The van der Waals surface area contributed by atoms with E-state index < -0.39 is 0 Å². The highest BCUT2D eigenvalue weighted by Crippen LogP contribution is 2.27. The smallest absolute Gasteiger partial charge is 0.228 e. The predicted octanol–water partition coefficient (Wildman–Crippen LogP) is 3.03. The Morgan fingerprint density at radius 1 is 1.19 bits per heavy atom. The summed E-state index contributed by atoms with van der Waals surface area (Å²) >= 11 is 0. The molecule has 2 heterocycles. The molecule has 3 N–H and O–H groups in total. The van der Waals surface area contributed by atoms with Gasteiger partial charge in [-0.15, -0.1) is 0 Å². The van der Waals surface area contributed by atoms with Crippen LogP contribution in [-0.4, -0.2) is 15.5 Å². The van der Waals surface area contributed by atoms with Crippen molar-refractivity contribution in [3.05, 3.63) is 95.2 Å². The Balaban J connectivity index is 1.66. The largest absolute Gasteiger partial charge is 0.402 e. The number of amides is 1. The fourth-order valence-corrected chi connectivity index (χ4v) is 3.59. The lowest BCUT2D eigenvalue weighted by Gasteiger charge is -2.13. The molecule has 1 aliphatic heterocycles. The van der Waals surface area contributed by atoms with Crippen LogP contribution in [0, 0.1) is 0 Å². The number of aromatic nitrogens is 2. The Morgan fingerprint density at radius 3 is 2.78 bits per heavy atom. The summed E-state index contributed by atoms with van der Waals surface area (Å²) in [5.41, 5.74) is 12.9. The summed E-state index contributed by atoms with van der Waals surface area (Å²) < 4.78 is 2.12. The lowest BCUT2D eigenvalue weighted by molar-refractivity contribution is -0.115. The Bertz CT molecular complexity index is 1000. The van der Waals surface area contributed by atoms with Crippen LogP contribution in [0.25, 0.3) is 0 Å². The summed E-state index contributed by atoms with van der Waals surface area (Å²) in [6.07, 6.45) is 3.62. The first-order valence-corrected chi connectivity index (χ1v) is 9.01. The van der Waals surface area contributed by atoms with Gasteiger partial charge in [0, 0.05) is 36.5 Å². The SMILES string of the molecule is C=C(N)Cc1c(Cc2ccccc2)ncn1Cc1cccc2c1CC(=O)N2. The lowest BCUT2D eigenvalue weighted by Crippen LogP contribution is -2.10. The van der Waals surface area contributed by atoms with Crippen LogP contribution in [0.5, 0.6) is 0 Å². The average molecular weight is 358 g/mol. The number of rotatable bonds is 6. The first kappa shape index (κ1) is 17.1. The molecule has 0 saturated heterocycles. The zero-order valence-corrected chi connectivity index (χ0v) is 15.1. The number of allylic oxidation sites excluding steroid dienone is 1. The summed E-state index contributed by atoms with van der Waals surface area (Å²) in [6, 6.07) is 16.3. The monoisotopic (exact) mass is 358 g/mol. The fraction of sp³-hybridized carbons (Fsp3) is 0.182. The van der Waals surface area contributed by atoms with Crippen molar-refractivity contribution in [2.45, 2.75) is 25.8 Å². The summed E-state index contributed by atoms with van der Waals surface area (Å²) in [5, 5.41) is 2.91. The van der Waals surface area contributed by atoms with Crippen molar-refractivity contribution < 1.29 is 4.79 Å². The van der Waals surface area contributed by atoms with Gasteiger partial charge in [-0.2, -0.15) is 0 Å². The van der Waals surface area contributed by atoms with E-state index in [0.29, 0.717) is 25.1 Å². The number of nitrogens with zero attached hydrogens (tertiary/aromatic N) is 2. The Hall–Kier alpha value is -3.34. The van der Waals surface area contributed by atoms with Gasteiger partial charge in [-0.25, -0.2) is 4.98 Å². The van der Waals surface area contributed by atoms with Crippen molar-refractivity contribution in [3.8, 4) is 0 Å². The van der Waals surface area contributed by atoms with Gasteiger partial charge in [-0.05, 0) is 22.8 Å². The molecular weight excluding hydrogens is 336 g/mol. The molecule has 0 unspecified atom stereocenters. The third kappa shape index (κ3) is 3.62. The van der Waals surface area contributed by atoms with E-state index in [1.165, 1.54) is 5.56 Å². The molecule has 0 aliphatic carbocycles. The van der Waals surface area contributed by atoms with E-state index in [-0.39, 0.29) is 5.91 Å². The Kier molecular flexibility index (Phi) is 4.50. The molecule has 2 aromatic carbocycles. The molecule has 0 saturated carbocycles. The third-order valence-corrected chi connectivity index (χ3v) is 4.87. The number of fused-ring (bicyclic) bond motifs is 1. The maximum atomic E-state index is 11.8. The molecule has 1 aromatic heterocycles. The van der Waals surface area contributed by atoms with Crippen LogP contribution in [-0.2, 0) is 30.6 Å². The van der Waals surface area contributed by atoms with Crippen LogP contribution in [0.3, 0.4) is 0 Å². The van der Waals surface area contributed by atoms with E-state index >= 15 is 0 Å². The highest BCUT2D eigenvalue weighted by atomic mass is 16.1. The lowest BCUT2D eigenvalue weighted by atomic mass is 10.0. The van der Waals surface area contributed by atoms with Crippen molar-refractivity contribution >= 4 is 11.6 Å². The van der Waals surface area contributed by atoms with Gasteiger partial charge in [0.15, 0.2) is 0 Å². The molecule has 3 aromatic rings. The summed E-state index contributed by atoms with van der Waals surface area (Å²) in [4.78, 5) is 16.4. The van der Waals surface area contributed by atoms with Crippen molar-refractivity contribution in [2.75, 3.05) is 5.32 Å². The zero-order chi connectivity index (χ0) is 18.8. The van der Waals surface area contributed by atoms with Crippen LogP contribution < -0.4 is 11.1 Å². The predicted molar refractivity (Wildman–Crippen MR) is 106 cm³/mol. The summed E-state index contributed by atoms with van der Waals surface area (Å²) in [7, 11) is 0. The molecule has 4 rings (SSSR count). The van der Waals surface area contributed by atoms with Gasteiger partial charge in [0.1, 0.15) is 0 Å². The van der Waals surface area contributed by atoms with E-state index in [2.05, 4.69) is 39.6 Å². The topological polar surface area (TPSA) is 72.9 Å². The second-order valence-electron chi connectivity index (χ2n) is 6.93. The normalized spacial score (nSPS) is 12.7. The minimum atomic E-state index is 0.0448. The van der Waals surface area contributed by atoms with Gasteiger partial charge in [0.25, 0.3) is 0 Å². The molecule has 5 nitrogen and oxygen atoms in total. The van der Waals surface area contributed by atoms with Gasteiger partial charge in [0.2, 0.25) is 5.91 Å². The second-order valence-corrected chi connectivity index (χ2v) is 6.93. The first-order chi connectivity index (χ1) is 13.1. The van der Waals surface area contributed by atoms with Crippen LogP contribution in [0.15, 0.2) is 67.1 Å². The molecule has 0 radical (unpaired) electrons. The van der Waals surface area contributed by atoms with Crippen molar-refractivity contribution in [1.82, 2.24) is 9.55 Å². The van der Waals surface area contributed by atoms with Crippen LogP contribution in [0.4, 0.5) is 5.69 Å². The number of hydrogen-bond acceptors (Lipinski definition) is 3. The van der Waals surface area contributed by atoms with Crippen molar-refractivity contribution in [1.29, 1.82) is 0 Å². The number of nitrogens with two attached hydrogens (primary N) is 1. The number of benzene rings is 2. The average Bonchev–Trinajstić information content (AvgIpc) is 3.20. The van der Waals surface area contributed by atoms with Crippen LogP contribution in [0.2, 0.25) is 0 Å². The highest BCUT2D eigenvalue weighted by molar-refractivity contribution is 5.99. The third-order valence-electron chi connectivity index (χ3n) is 4.87. The molecule has 0 bridgehead atoms. The first-order valence-electron chi connectivity index (χ1n) is 9.01. The molecule has 1 aliphatic rings. The molecule has 5 heteroatoms. The number of carbonyl (C=O) groups excluding carboxylic acids is 1. The molecule has 0 fully saturated rings. The standard InChI is InChI=1S/C22H22N4O/c1-15(23)10-21-20(11-16-6-3-2-4-7-16)24-14-26(21)13-17-8-5-9-19-18(17)12-22(27)25-19/h2-9,14H,1,10-13,23H2,(H,25,27). The zero-order valence-electron chi connectivity index (χ0n) is 15.1. The van der Waals surface area contributed by atoms with E-state index in [1.54, 1.807) is 0 Å². The van der Waals surface area contributed by atoms with Gasteiger partial charge in [0.05, 0.1) is 18.4 Å². The number of nitrogens with one attached hydrogen (secondary N) is 1. The van der Waals surface area contributed by atoms with Crippen LogP contribution >= 0.6 is 0 Å².